The van der Waals surface area contributed by atoms with Gasteiger partial charge in [-0.15, -0.1) is 0 Å². The fourth-order valence-electron chi connectivity index (χ4n) is 3.94. The summed E-state index contributed by atoms with van der Waals surface area (Å²) in [5.41, 5.74) is 4.32. The second-order valence-corrected chi connectivity index (χ2v) is 8.11. The van der Waals surface area contributed by atoms with Gasteiger partial charge in [0, 0.05) is 41.5 Å². The normalized spacial score (nSPS) is 11.9. The molecular weight excluding hydrogens is 424 g/mol. The Balaban J connectivity index is 1.68. The van der Waals surface area contributed by atoms with Gasteiger partial charge in [-0.05, 0) is 61.9 Å². The quantitative estimate of drug-likeness (QED) is 0.451. The molecule has 0 aliphatic heterocycles. The minimum atomic E-state index is -0.413. The molecule has 0 aliphatic rings. The van der Waals surface area contributed by atoms with E-state index in [1.165, 1.54) is 0 Å². The Morgan fingerprint density at radius 1 is 1.09 bits per heavy atom. The highest BCUT2D eigenvalue weighted by Gasteiger charge is 2.24. The van der Waals surface area contributed by atoms with E-state index in [1.54, 1.807) is 13.3 Å². The van der Waals surface area contributed by atoms with Gasteiger partial charge in [-0.3, -0.25) is 4.79 Å². The highest BCUT2D eigenvalue weighted by molar-refractivity contribution is 6.30. The number of carbonyl (C=O) groups is 1. The van der Waals surface area contributed by atoms with E-state index in [-0.39, 0.29) is 5.91 Å². The number of benzene rings is 2. The largest absolute Gasteiger partial charge is 0.497 e. The first kappa shape index (κ1) is 21.7. The first-order valence-corrected chi connectivity index (χ1v) is 10.6. The van der Waals surface area contributed by atoms with Crippen molar-refractivity contribution < 1.29 is 9.53 Å². The molecule has 0 aliphatic carbocycles. The minimum Gasteiger partial charge on any atom is -0.497 e. The lowest BCUT2D eigenvalue weighted by molar-refractivity contribution is 0.0940. The van der Waals surface area contributed by atoms with Crippen molar-refractivity contribution in [3.8, 4) is 11.4 Å². The molecule has 0 saturated heterocycles. The Bertz CT molecular complexity index is 1240. The standard InChI is InChI=1S/C25H25ClN4O2/c1-16-15-22(17(2)30(16)20-9-11-21(32-4)12-10-20)25(31)28-23(24-27-13-14-29(24)3)18-5-7-19(26)8-6-18/h5-15,23H,1-4H3,(H,28,31)/t23-/m0/s1. The van der Waals surface area contributed by atoms with Gasteiger partial charge in [0.1, 0.15) is 17.6 Å². The van der Waals surface area contributed by atoms with E-state index in [1.807, 2.05) is 86.3 Å². The summed E-state index contributed by atoms with van der Waals surface area (Å²) in [4.78, 5) is 17.9. The number of aromatic nitrogens is 3. The van der Waals surface area contributed by atoms with Crippen LogP contribution in [0.4, 0.5) is 0 Å². The van der Waals surface area contributed by atoms with Gasteiger partial charge in [-0.1, -0.05) is 23.7 Å². The third-order valence-corrected chi connectivity index (χ3v) is 5.85. The zero-order valence-corrected chi connectivity index (χ0v) is 19.2. The summed E-state index contributed by atoms with van der Waals surface area (Å²) in [5, 5.41) is 3.81. The predicted molar refractivity (Wildman–Crippen MR) is 126 cm³/mol. The third kappa shape index (κ3) is 4.14. The first-order valence-electron chi connectivity index (χ1n) is 10.3. The lowest BCUT2D eigenvalue weighted by Gasteiger charge is -2.19. The molecule has 2 heterocycles. The van der Waals surface area contributed by atoms with Crippen molar-refractivity contribution in [2.75, 3.05) is 7.11 Å². The fraction of sp³-hybridized carbons (Fsp3) is 0.200. The molecule has 1 amide bonds. The van der Waals surface area contributed by atoms with Crippen LogP contribution in [0.2, 0.25) is 5.02 Å². The van der Waals surface area contributed by atoms with E-state index < -0.39 is 6.04 Å². The molecule has 0 radical (unpaired) electrons. The van der Waals surface area contributed by atoms with Gasteiger partial charge in [-0.25, -0.2) is 4.98 Å². The Hall–Kier alpha value is -3.51. The van der Waals surface area contributed by atoms with Gasteiger partial charge in [0.15, 0.2) is 0 Å². The Morgan fingerprint density at radius 3 is 2.38 bits per heavy atom. The van der Waals surface area contributed by atoms with Gasteiger partial charge >= 0.3 is 0 Å². The zero-order valence-electron chi connectivity index (χ0n) is 18.5. The molecular formula is C25H25ClN4O2. The number of carbonyl (C=O) groups excluding carboxylic acids is 1. The summed E-state index contributed by atoms with van der Waals surface area (Å²) < 4.78 is 9.22. The molecule has 6 nitrogen and oxygen atoms in total. The van der Waals surface area contributed by atoms with Crippen LogP contribution < -0.4 is 10.1 Å². The van der Waals surface area contributed by atoms with E-state index >= 15 is 0 Å². The van der Waals surface area contributed by atoms with Crippen molar-refractivity contribution in [3.05, 3.63) is 100 Å². The fourth-order valence-corrected chi connectivity index (χ4v) is 4.06. The van der Waals surface area contributed by atoms with Crippen LogP contribution in [0.5, 0.6) is 5.75 Å². The molecule has 7 heteroatoms. The van der Waals surface area contributed by atoms with E-state index in [9.17, 15) is 4.79 Å². The number of aryl methyl sites for hydroxylation is 2. The second kappa shape index (κ2) is 8.93. The lowest BCUT2D eigenvalue weighted by Crippen LogP contribution is -2.31. The number of halogens is 1. The number of ether oxygens (including phenoxy) is 1. The van der Waals surface area contributed by atoms with Crippen molar-refractivity contribution in [2.24, 2.45) is 7.05 Å². The number of hydrogen-bond acceptors (Lipinski definition) is 3. The van der Waals surface area contributed by atoms with E-state index in [2.05, 4.69) is 14.9 Å². The lowest BCUT2D eigenvalue weighted by atomic mass is 10.1. The van der Waals surface area contributed by atoms with Gasteiger partial charge < -0.3 is 19.2 Å². The molecule has 4 aromatic rings. The number of imidazole rings is 1. The number of rotatable bonds is 6. The molecule has 2 aromatic heterocycles. The summed E-state index contributed by atoms with van der Waals surface area (Å²) in [6.07, 6.45) is 3.58. The van der Waals surface area contributed by atoms with Crippen LogP contribution in [0.3, 0.4) is 0 Å². The summed E-state index contributed by atoms with van der Waals surface area (Å²) in [6.45, 7) is 3.94. The maximum atomic E-state index is 13.4. The maximum Gasteiger partial charge on any atom is 0.253 e. The summed E-state index contributed by atoms with van der Waals surface area (Å²) in [5.74, 6) is 1.36. The molecule has 32 heavy (non-hydrogen) atoms. The third-order valence-electron chi connectivity index (χ3n) is 5.60. The topological polar surface area (TPSA) is 61.1 Å². The number of hydrogen-bond donors (Lipinski definition) is 1. The summed E-state index contributed by atoms with van der Waals surface area (Å²) >= 11 is 6.07. The molecule has 0 unspecified atom stereocenters. The van der Waals surface area contributed by atoms with Crippen LogP contribution >= 0.6 is 11.6 Å². The molecule has 1 N–H and O–H groups in total. The highest BCUT2D eigenvalue weighted by Crippen LogP contribution is 2.26. The van der Waals surface area contributed by atoms with Crippen molar-refractivity contribution >= 4 is 17.5 Å². The van der Waals surface area contributed by atoms with E-state index in [0.717, 1.165) is 34.2 Å². The summed E-state index contributed by atoms with van der Waals surface area (Å²) in [7, 11) is 3.55. The van der Waals surface area contributed by atoms with Crippen LogP contribution in [0, 0.1) is 13.8 Å². The molecule has 1 atom stereocenters. The van der Waals surface area contributed by atoms with Gasteiger partial charge in [0.25, 0.3) is 5.91 Å². The van der Waals surface area contributed by atoms with E-state index in [4.69, 9.17) is 16.3 Å². The van der Waals surface area contributed by atoms with Gasteiger partial charge in [0.05, 0.1) is 12.7 Å². The molecule has 4 rings (SSSR count). The Kier molecular flexibility index (Phi) is 6.06. The monoisotopic (exact) mass is 448 g/mol. The van der Waals surface area contributed by atoms with Gasteiger partial charge in [-0.2, -0.15) is 0 Å². The van der Waals surface area contributed by atoms with Crippen molar-refractivity contribution in [1.29, 1.82) is 0 Å². The Labute approximate surface area is 192 Å². The number of amides is 1. The number of nitrogens with one attached hydrogen (secondary N) is 1. The molecule has 0 fully saturated rings. The Morgan fingerprint density at radius 2 is 1.78 bits per heavy atom. The molecule has 0 bridgehead atoms. The van der Waals surface area contributed by atoms with Crippen molar-refractivity contribution in [1.82, 2.24) is 19.4 Å². The average Bonchev–Trinajstić information content (AvgIpc) is 3.35. The van der Waals surface area contributed by atoms with Crippen LogP contribution in [0.1, 0.15) is 39.2 Å². The van der Waals surface area contributed by atoms with Crippen molar-refractivity contribution in [2.45, 2.75) is 19.9 Å². The highest BCUT2D eigenvalue weighted by atomic mass is 35.5. The first-order chi connectivity index (χ1) is 15.4. The van der Waals surface area contributed by atoms with Crippen molar-refractivity contribution in [3.63, 3.8) is 0 Å². The smallest absolute Gasteiger partial charge is 0.253 e. The molecule has 0 saturated carbocycles. The number of nitrogens with zero attached hydrogens (tertiary/aromatic N) is 3. The minimum absolute atomic E-state index is 0.166. The number of methoxy groups -OCH3 is 1. The van der Waals surface area contributed by atoms with Crippen LogP contribution in [0.25, 0.3) is 5.69 Å². The molecule has 164 valence electrons. The molecule has 0 spiro atoms. The zero-order chi connectivity index (χ0) is 22.8. The second-order valence-electron chi connectivity index (χ2n) is 7.67. The SMILES string of the molecule is COc1ccc(-n2c(C)cc(C(=O)N[C@@H](c3ccc(Cl)cc3)c3nccn3C)c2C)cc1. The average molecular weight is 449 g/mol. The van der Waals surface area contributed by atoms with Crippen LogP contribution in [-0.4, -0.2) is 27.1 Å². The van der Waals surface area contributed by atoms with Crippen LogP contribution in [0.15, 0.2) is 67.0 Å². The predicted octanol–water partition coefficient (Wildman–Crippen LogP) is 5.01. The van der Waals surface area contributed by atoms with Gasteiger partial charge in [0.2, 0.25) is 0 Å². The molecule has 2 aromatic carbocycles. The van der Waals surface area contributed by atoms with E-state index in [0.29, 0.717) is 10.6 Å². The summed E-state index contributed by atoms with van der Waals surface area (Å²) in [6, 6.07) is 16.7. The maximum absolute atomic E-state index is 13.4. The van der Waals surface area contributed by atoms with Crippen LogP contribution in [-0.2, 0) is 7.05 Å².